The predicted octanol–water partition coefficient (Wildman–Crippen LogP) is 2.70. The zero-order valence-corrected chi connectivity index (χ0v) is 11.6. The molecule has 0 unspecified atom stereocenters. The zero-order chi connectivity index (χ0) is 15.0. The van der Waals surface area contributed by atoms with Crippen LogP contribution in [0.1, 0.15) is 5.56 Å². The van der Waals surface area contributed by atoms with Crippen molar-refractivity contribution in [2.45, 2.75) is 11.3 Å². The molecule has 0 saturated carbocycles. The molecule has 1 heterocycles. The van der Waals surface area contributed by atoms with Crippen molar-refractivity contribution in [2.75, 3.05) is 11.3 Å². The Morgan fingerprint density at radius 3 is 2.76 bits per heavy atom. The fraction of sp³-hybridized carbons (Fsp3) is 0.143. The molecule has 1 aliphatic heterocycles. The molecule has 0 aliphatic carbocycles. The van der Waals surface area contributed by atoms with Crippen molar-refractivity contribution in [1.29, 1.82) is 0 Å². The van der Waals surface area contributed by atoms with Gasteiger partial charge in [-0.05, 0) is 35.9 Å². The smallest absolute Gasteiger partial charge is 0.262 e. The average molecular weight is 311 g/mol. The average Bonchev–Trinajstić information content (AvgIpc) is 2.91. The molecule has 7 heteroatoms. The van der Waals surface area contributed by atoms with E-state index in [1.54, 1.807) is 6.07 Å². The summed E-state index contributed by atoms with van der Waals surface area (Å²) in [6, 6.07) is 7.70. The predicted molar refractivity (Wildman–Crippen MR) is 72.8 cm³/mol. The summed E-state index contributed by atoms with van der Waals surface area (Å²) >= 11 is 0. The monoisotopic (exact) mass is 311 g/mol. The Balaban J connectivity index is 1.96. The van der Waals surface area contributed by atoms with Crippen molar-refractivity contribution in [2.24, 2.45) is 0 Å². The molecule has 2 aromatic carbocycles. The molecule has 110 valence electrons. The van der Waals surface area contributed by atoms with Gasteiger partial charge in [-0.2, -0.15) is 0 Å². The zero-order valence-electron chi connectivity index (χ0n) is 10.8. The Hall–Kier alpha value is -2.15. The van der Waals surface area contributed by atoms with Crippen LogP contribution < -0.4 is 9.46 Å². The number of hydrogen-bond acceptors (Lipinski definition) is 3. The van der Waals surface area contributed by atoms with Gasteiger partial charge in [0.25, 0.3) is 10.0 Å². The minimum atomic E-state index is -3.99. The van der Waals surface area contributed by atoms with E-state index in [4.69, 9.17) is 4.74 Å². The van der Waals surface area contributed by atoms with Crippen LogP contribution in [0.15, 0.2) is 41.3 Å². The van der Waals surface area contributed by atoms with Crippen LogP contribution >= 0.6 is 0 Å². The topological polar surface area (TPSA) is 55.4 Å². The summed E-state index contributed by atoms with van der Waals surface area (Å²) in [6.45, 7) is 0.505. The van der Waals surface area contributed by atoms with Crippen molar-refractivity contribution >= 4 is 15.7 Å². The van der Waals surface area contributed by atoms with Gasteiger partial charge in [0.15, 0.2) is 11.6 Å². The highest BCUT2D eigenvalue weighted by Crippen LogP contribution is 2.29. The van der Waals surface area contributed by atoms with Crippen LogP contribution in [0, 0.1) is 11.6 Å². The van der Waals surface area contributed by atoms with E-state index in [0.29, 0.717) is 18.8 Å². The normalized spacial score (nSPS) is 13.6. The van der Waals surface area contributed by atoms with Gasteiger partial charge in [0.1, 0.15) is 5.75 Å². The number of sulfonamides is 1. The van der Waals surface area contributed by atoms with Crippen molar-refractivity contribution < 1.29 is 21.9 Å². The van der Waals surface area contributed by atoms with Gasteiger partial charge in [0.05, 0.1) is 17.2 Å². The number of anilines is 1. The highest BCUT2D eigenvalue weighted by Gasteiger charge is 2.21. The van der Waals surface area contributed by atoms with E-state index in [1.165, 1.54) is 18.2 Å². The number of nitrogens with one attached hydrogen (secondary N) is 1. The summed E-state index contributed by atoms with van der Waals surface area (Å²) in [7, 11) is -3.99. The van der Waals surface area contributed by atoms with Gasteiger partial charge in [-0.3, -0.25) is 4.72 Å². The minimum Gasteiger partial charge on any atom is -0.493 e. The Labute approximate surface area is 120 Å². The highest BCUT2D eigenvalue weighted by molar-refractivity contribution is 7.92. The first-order valence-corrected chi connectivity index (χ1v) is 7.68. The maximum absolute atomic E-state index is 13.5. The maximum atomic E-state index is 13.5. The van der Waals surface area contributed by atoms with Crippen LogP contribution in [0.4, 0.5) is 14.5 Å². The lowest BCUT2D eigenvalue weighted by molar-refractivity contribution is 0.356. The van der Waals surface area contributed by atoms with Crippen molar-refractivity contribution in [3.05, 3.63) is 53.6 Å². The summed E-state index contributed by atoms with van der Waals surface area (Å²) < 4.78 is 58.4. The first kappa shape index (κ1) is 13.8. The molecular weight excluding hydrogens is 300 g/mol. The second-order valence-corrected chi connectivity index (χ2v) is 6.26. The van der Waals surface area contributed by atoms with Gasteiger partial charge < -0.3 is 4.74 Å². The molecule has 1 aliphatic rings. The molecular formula is C14H11F2NO3S. The molecule has 4 nitrogen and oxygen atoms in total. The third-order valence-corrected chi connectivity index (χ3v) is 4.53. The van der Waals surface area contributed by atoms with E-state index < -0.39 is 27.3 Å². The van der Waals surface area contributed by atoms with E-state index >= 15 is 0 Å². The Kier molecular flexibility index (Phi) is 3.29. The number of ether oxygens (including phenoxy) is 1. The van der Waals surface area contributed by atoms with Gasteiger partial charge in [0, 0.05) is 6.42 Å². The molecule has 0 aromatic heterocycles. The summed E-state index contributed by atoms with van der Waals surface area (Å²) in [6.07, 6.45) is 0.618. The standard InChI is InChI=1S/C14H11F2NO3S/c15-11-2-1-3-12(14(11)16)17-21(18,19)10-4-5-13-9(8-10)6-7-20-13/h1-5,8,17H,6-7H2. The van der Waals surface area contributed by atoms with Gasteiger partial charge in [0.2, 0.25) is 0 Å². The number of halogens is 2. The number of fused-ring (bicyclic) bond motifs is 1. The molecule has 3 rings (SSSR count). The van der Waals surface area contributed by atoms with E-state index in [9.17, 15) is 17.2 Å². The van der Waals surface area contributed by atoms with Gasteiger partial charge >= 0.3 is 0 Å². The lowest BCUT2D eigenvalue weighted by Gasteiger charge is -2.10. The van der Waals surface area contributed by atoms with Crippen LogP contribution in [0.25, 0.3) is 0 Å². The lowest BCUT2D eigenvalue weighted by atomic mass is 10.2. The first-order chi connectivity index (χ1) is 9.97. The third-order valence-electron chi connectivity index (χ3n) is 3.17. The largest absolute Gasteiger partial charge is 0.493 e. The molecule has 0 radical (unpaired) electrons. The number of hydrogen-bond donors (Lipinski definition) is 1. The first-order valence-electron chi connectivity index (χ1n) is 6.20. The molecule has 0 bridgehead atoms. The van der Waals surface area contributed by atoms with Crippen LogP contribution in [-0.2, 0) is 16.4 Å². The Morgan fingerprint density at radius 1 is 1.14 bits per heavy atom. The van der Waals surface area contributed by atoms with Crippen molar-refractivity contribution in [3.63, 3.8) is 0 Å². The SMILES string of the molecule is O=S(=O)(Nc1cccc(F)c1F)c1ccc2c(c1)CCO2. The third kappa shape index (κ3) is 2.56. The summed E-state index contributed by atoms with van der Waals surface area (Å²) in [5.74, 6) is -1.70. The molecule has 0 spiro atoms. The summed E-state index contributed by atoms with van der Waals surface area (Å²) in [4.78, 5) is -0.0181. The quantitative estimate of drug-likeness (QED) is 0.948. The number of rotatable bonds is 3. The molecule has 0 atom stereocenters. The Bertz CT molecular complexity index is 806. The highest BCUT2D eigenvalue weighted by atomic mass is 32.2. The van der Waals surface area contributed by atoms with Crippen molar-refractivity contribution in [3.8, 4) is 5.75 Å². The van der Waals surface area contributed by atoms with Crippen LogP contribution in [-0.4, -0.2) is 15.0 Å². The maximum Gasteiger partial charge on any atom is 0.262 e. The van der Waals surface area contributed by atoms with E-state index in [1.807, 2.05) is 0 Å². The fourth-order valence-electron chi connectivity index (χ4n) is 2.12. The Morgan fingerprint density at radius 2 is 1.95 bits per heavy atom. The second-order valence-electron chi connectivity index (χ2n) is 4.57. The molecule has 1 N–H and O–H groups in total. The minimum absolute atomic E-state index is 0.0181. The van der Waals surface area contributed by atoms with Gasteiger partial charge in [-0.25, -0.2) is 17.2 Å². The molecule has 21 heavy (non-hydrogen) atoms. The van der Waals surface area contributed by atoms with Crippen molar-refractivity contribution in [1.82, 2.24) is 0 Å². The van der Waals surface area contributed by atoms with Gasteiger partial charge in [-0.1, -0.05) is 6.07 Å². The fourth-order valence-corrected chi connectivity index (χ4v) is 3.23. The molecule has 2 aromatic rings. The van der Waals surface area contributed by atoms with E-state index in [2.05, 4.69) is 4.72 Å². The second kappa shape index (κ2) is 5.00. The van der Waals surface area contributed by atoms with Crippen LogP contribution in [0.3, 0.4) is 0 Å². The summed E-state index contributed by atoms with van der Waals surface area (Å²) in [5, 5.41) is 0. The van der Waals surface area contributed by atoms with Crippen LogP contribution in [0.5, 0.6) is 5.75 Å². The van der Waals surface area contributed by atoms with E-state index in [0.717, 1.165) is 17.7 Å². The molecule has 0 fully saturated rings. The lowest BCUT2D eigenvalue weighted by Crippen LogP contribution is -2.14. The molecule has 0 amide bonds. The van der Waals surface area contributed by atoms with Crippen LogP contribution in [0.2, 0.25) is 0 Å². The van der Waals surface area contributed by atoms with E-state index in [-0.39, 0.29) is 4.90 Å². The number of benzene rings is 2. The summed E-state index contributed by atoms with van der Waals surface area (Å²) in [5.41, 5.74) is 0.351. The molecule has 0 saturated heterocycles. The van der Waals surface area contributed by atoms with Gasteiger partial charge in [-0.15, -0.1) is 0 Å².